The van der Waals surface area contributed by atoms with Crippen molar-refractivity contribution in [1.82, 2.24) is 20.4 Å². The third-order valence-corrected chi connectivity index (χ3v) is 5.45. The Morgan fingerprint density at radius 2 is 1.86 bits per heavy atom. The summed E-state index contributed by atoms with van der Waals surface area (Å²) in [4.78, 5) is 21.5. The van der Waals surface area contributed by atoms with Crippen LogP contribution in [0.15, 0.2) is 35.3 Å². The van der Waals surface area contributed by atoms with Gasteiger partial charge in [0.05, 0.1) is 6.54 Å². The van der Waals surface area contributed by atoms with Gasteiger partial charge in [0, 0.05) is 45.3 Å². The van der Waals surface area contributed by atoms with Crippen molar-refractivity contribution in [1.29, 1.82) is 0 Å². The molecule has 1 aromatic carbocycles. The lowest BCUT2D eigenvalue weighted by Crippen LogP contribution is -2.54. The predicted octanol–water partition coefficient (Wildman–Crippen LogP) is 2.52. The van der Waals surface area contributed by atoms with Crippen LogP contribution in [0.5, 0.6) is 0 Å². The van der Waals surface area contributed by atoms with Gasteiger partial charge in [-0.3, -0.25) is 14.7 Å². The van der Waals surface area contributed by atoms with Crippen LogP contribution in [0.3, 0.4) is 0 Å². The topological polar surface area (TPSA) is 60.0 Å². The Bertz CT molecular complexity index is 658. The molecule has 0 radical (unpaired) electrons. The predicted molar refractivity (Wildman–Crippen MR) is 130 cm³/mol. The molecule has 0 bridgehead atoms. The van der Waals surface area contributed by atoms with Crippen molar-refractivity contribution in [3.8, 4) is 0 Å². The van der Waals surface area contributed by atoms with Crippen LogP contribution < -0.4 is 10.6 Å². The third kappa shape index (κ3) is 7.44. The highest BCUT2D eigenvalue weighted by Gasteiger charge is 2.38. The Kier molecular flexibility index (Phi) is 9.68. The molecule has 2 aliphatic rings. The van der Waals surface area contributed by atoms with Gasteiger partial charge in [0.15, 0.2) is 5.96 Å². The number of hydrogen-bond donors (Lipinski definition) is 2. The molecule has 3 rings (SSSR count). The maximum atomic E-state index is 12.0. The molecule has 2 unspecified atom stereocenters. The zero-order valence-electron chi connectivity index (χ0n) is 17.9. The van der Waals surface area contributed by atoms with Gasteiger partial charge in [0.2, 0.25) is 5.91 Å². The van der Waals surface area contributed by atoms with Crippen LogP contribution in [-0.2, 0) is 4.79 Å². The molecule has 6 nitrogen and oxygen atoms in total. The second kappa shape index (κ2) is 11.7. The zero-order valence-corrected chi connectivity index (χ0v) is 20.3. The molecule has 162 valence electrons. The number of hydrogen-bond acceptors (Lipinski definition) is 3. The van der Waals surface area contributed by atoms with E-state index in [2.05, 4.69) is 57.7 Å². The van der Waals surface area contributed by atoms with Gasteiger partial charge in [-0.05, 0) is 44.6 Å². The van der Waals surface area contributed by atoms with E-state index in [0.29, 0.717) is 18.4 Å². The van der Waals surface area contributed by atoms with Gasteiger partial charge in [0.1, 0.15) is 0 Å². The number of benzene rings is 1. The Hall–Kier alpha value is -1.35. The number of nitrogens with zero attached hydrogens (tertiary/aromatic N) is 3. The van der Waals surface area contributed by atoms with Gasteiger partial charge in [0.25, 0.3) is 0 Å². The van der Waals surface area contributed by atoms with E-state index in [0.717, 1.165) is 45.2 Å². The van der Waals surface area contributed by atoms with Crippen molar-refractivity contribution in [3.63, 3.8) is 0 Å². The van der Waals surface area contributed by atoms with E-state index in [4.69, 9.17) is 4.99 Å². The van der Waals surface area contributed by atoms with Gasteiger partial charge >= 0.3 is 0 Å². The van der Waals surface area contributed by atoms with Crippen molar-refractivity contribution in [2.45, 2.75) is 39.2 Å². The molecule has 29 heavy (non-hydrogen) atoms. The molecule has 7 heteroatoms. The van der Waals surface area contributed by atoms with Crippen molar-refractivity contribution in [2.24, 2.45) is 10.9 Å². The number of carbonyl (C=O) groups excluding carboxylic acids is 1. The Morgan fingerprint density at radius 1 is 1.17 bits per heavy atom. The molecule has 2 fully saturated rings. The lowest BCUT2D eigenvalue weighted by molar-refractivity contribution is -0.123. The number of aliphatic imine (C=N–C) groups is 1. The molecule has 1 aromatic rings. The van der Waals surface area contributed by atoms with Crippen molar-refractivity contribution in [3.05, 3.63) is 35.9 Å². The van der Waals surface area contributed by atoms with Crippen LogP contribution in [0.4, 0.5) is 0 Å². The second-order valence-electron chi connectivity index (χ2n) is 8.19. The summed E-state index contributed by atoms with van der Waals surface area (Å²) in [7, 11) is 0. The van der Waals surface area contributed by atoms with E-state index >= 15 is 0 Å². The molecular weight excluding hydrogens is 477 g/mol. The molecule has 0 spiro atoms. The van der Waals surface area contributed by atoms with Crippen LogP contribution in [-0.4, -0.2) is 73.5 Å². The number of halogens is 1. The fraction of sp³-hybridized carbons (Fsp3) is 0.636. The standard InChI is InChI=1S/C22H35N5O.HI/c1-4-23-22(24-15-19-14-20(19)18-8-6-5-7-9-18)27-12-10-26(11-13-27)16-21(28)25-17(2)3;/h5-9,17,19-20H,4,10-16H2,1-3H3,(H,23,24)(H,25,28);1H. The molecule has 0 aromatic heterocycles. The SMILES string of the molecule is CCNC(=NCC1CC1c1ccccc1)N1CCN(CC(=O)NC(C)C)CC1.I. The normalized spacial score (nSPS) is 22.2. The number of carbonyl (C=O) groups is 1. The zero-order chi connectivity index (χ0) is 19.9. The molecule has 2 atom stereocenters. The summed E-state index contributed by atoms with van der Waals surface area (Å²) in [5.41, 5.74) is 1.45. The van der Waals surface area contributed by atoms with Crippen molar-refractivity contribution < 1.29 is 4.79 Å². The van der Waals surface area contributed by atoms with E-state index in [1.165, 1.54) is 12.0 Å². The molecule has 1 aliphatic heterocycles. The average Bonchev–Trinajstić information content (AvgIpc) is 3.45. The van der Waals surface area contributed by atoms with E-state index in [-0.39, 0.29) is 35.9 Å². The van der Waals surface area contributed by atoms with Crippen LogP contribution >= 0.6 is 24.0 Å². The first kappa shape index (κ1) is 23.9. The minimum atomic E-state index is 0. The first-order valence-corrected chi connectivity index (χ1v) is 10.7. The van der Waals surface area contributed by atoms with Crippen molar-refractivity contribution in [2.75, 3.05) is 45.8 Å². The van der Waals surface area contributed by atoms with Gasteiger partial charge < -0.3 is 15.5 Å². The smallest absolute Gasteiger partial charge is 0.234 e. The van der Waals surface area contributed by atoms with Gasteiger partial charge in [-0.15, -0.1) is 24.0 Å². The first-order chi connectivity index (χ1) is 13.6. The van der Waals surface area contributed by atoms with E-state index in [1.54, 1.807) is 0 Å². The summed E-state index contributed by atoms with van der Waals surface area (Å²) >= 11 is 0. The van der Waals surface area contributed by atoms with E-state index in [1.807, 2.05) is 13.8 Å². The quantitative estimate of drug-likeness (QED) is 0.334. The van der Waals surface area contributed by atoms with Crippen LogP contribution in [0.2, 0.25) is 0 Å². The maximum Gasteiger partial charge on any atom is 0.234 e. The molecule has 2 N–H and O–H groups in total. The Morgan fingerprint density at radius 3 is 2.48 bits per heavy atom. The van der Waals surface area contributed by atoms with Gasteiger partial charge in [-0.1, -0.05) is 30.3 Å². The summed E-state index contributed by atoms with van der Waals surface area (Å²) < 4.78 is 0. The molecule has 1 saturated heterocycles. The summed E-state index contributed by atoms with van der Waals surface area (Å²) in [5.74, 6) is 2.47. The third-order valence-electron chi connectivity index (χ3n) is 5.45. The molecule has 1 heterocycles. The highest BCUT2D eigenvalue weighted by atomic mass is 127. The fourth-order valence-electron chi connectivity index (χ4n) is 3.88. The fourth-order valence-corrected chi connectivity index (χ4v) is 3.88. The number of nitrogens with one attached hydrogen (secondary N) is 2. The maximum absolute atomic E-state index is 12.0. The van der Waals surface area contributed by atoms with Crippen LogP contribution in [0, 0.1) is 5.92 Å². The van der Waals surface area contributed by atoms with Gasteiger partial charge in [-0.25, -0.2) is 0 Å². The molecular formula is C22H36IN5O. The lowest BCUT2D eigenvalue weighted by atomic mass is 10.1. The summed E-state index contributed by atoms with van der Waals surface area (Å²) in [5, 5.41) is 6.42. The minimum absolute atomic E-state index is 0. The van der Waals surface area contributed by atoms with Gasteiger partial charge in [-0.2, -0.15) is 0 Å². The van der Waals surface area contributed by atoms with E-state index < -0.39 is 0 Å². The molecule has 1 amide bonds. The first-order valence-electron chi connectivity index (χ1n) is 10.7. The highest BCUT2D eigenvalue weighted by molar-refractivity contribution is 14.0. The lowest BCUT2D eigenvalue weighted by Gasteiger charge is -2.36. The number of guanidine groups is 1. The Balaban J connectivity index is 0.00000300. The number of piperazine rings is 1. The van der Waals surface area contributed by atoms with Crippen LogP contribution in [0.25, 0.3) is 0 Å². The number of rotatable bonds is 7. The monoisotopic (exact) mass is 513 g/mol. The largest absolute Gasteiger partial charge is 0.357 e. The molecule has 1 saturated carbocycles. The summed E-state index contributed by atoms with van der Waals surface area (Å²) in [6, 6.07) is 11.0. The Labute approximate surface area is 192 Å². The minimum Gasteiger partial charge on any atom is -0.357 e. The summed E-state index contributed by atoms with van der Waals surface area (Å²) in [6.07, 6.45) is 1.24. The van der Waals surface area contributed by atoms with Crippen LogP contribution in [0.1, 0.15) is 38.7 Å². The second-order valence-corrected chi connectivity index (χ2v) is 8.19. The highest BCUT2D eigenvalue weighted by Crippen LogP contribution is 2.47. The average molecular weight is 513 g/mol. The van der Waals surface area contributed by atoms with Crippen molar-refractivity contribution >= 4 is 35.8 Å². The van der Waals surface area contributed by atoms with E-state index in [9.17, 15) is 4.79 Å². The summed E-state index contributed by atoms with van der Waals surface area (Å²) in [6.45, 7) is 12.0. The molecule has 1 aliphatic carbocycles. The number of amides is 1.